The van der Waals surface area contributed by atoms with E-state index in [1.165, 1.54) is 0 Å². The van der Waals surface area contributed by atoms with E-state index in [1.807, 2.05) is 30.3 Å². The smallest absolute Gasteiger partial charge is 0.422 e. The maximum atomic E-state index is 11.8. The highest BCUT2D eigenvalue weighted by molar-refractivity contribution is 5.85. The summed E-state index contributed by atoms with van der Waals surface area (Å²) in [7, 11) is 0. The normalized spacial score (nSPS) is 12.4. The van der Waals surface area contributed by atoms with Crippen molar-refractivity contribution in [1.82, 2.24) is 0 Å². The molecule has 0 spiro atoms. The Labute approximate surface area is 121 Å². The molecule has 0 bridgehead atoms. The SMILES string of the molecule is Cl.N[C@@H](CCCc1ccccc1)C(=O)OCC(F)(F)F. The van der Waals surface area contributed by atoms with Gasteiger partial charge in [0, 0.05) is 0 Å². The average Bonchev–Trinajstić information content (AvgIpc) is 2.36. The van der Waals surface area contributed by atoms with Crippen LogP contribution in [-0.2, 0) is 16.0 Å². The van der Waals surface area contributed by atoms with E-state index in [2.05, 4.69) is 4.74 Å². The highest BCUT2D eigenvalue weighted by atomic mass is 35.5. The van der Waals surface area contributed by atoms with Gasteiger partial charge in [-0.3, -0.25) is 4.79 Å². The largest absolute Gasteiger partial charge is 0.455 e. The molecule has 0 saturated carbocycles. The van der Waals surface area contributed by atoms with Crippen molar-refractivity contribution in [3.8, 4) is 0 Å². The van der Waals surface area contributed by atoms with Gasteiger partial charge in [-0.15, -0.1) is 12.4 Å². The lowest BCUT2D eigenvalue weighted by atomic mass is 10.1. The monoisotopic (exact) mass is 311 g/mol. The number of benzene rings is 1. The van der Waals surface area contributed by atoms with Gasteiger partial charge in [-0.25, -0.2) is 0 Å². The van der Waals surface area contributed by atoms with Gasteiger partial charge in [0.1, 0.15) is 6.04 Å². The Hall–Kier alpha value is -1.27. The van der Waals surface area contributed by atoms with Crippen molar-refractivity contribution < 1.29 is 22.7 Å². The van der Waals surface area contributed by atoms with E-state index >= 15 is 0 Å². The molecule has 7 heteroatoms. The summed E-state index contributed by atoms with van der Waals surface area (Å²) < 4.78 is 39.6. The summed E-state index contributed by atoms with van der Waals surface area (Å²) in [6.07, 6.45) is -2.88. The van der Waals surface area contributed by atoms with Crippen molar-refractivity contribution >= 4 is 18.4 Å². The van der Waals surface area contributed by atoms with Crippen molar-refractivity contribution in [2.24, 2.45) is 5.73 Å². The van der Waals surface area contributed by atoms with Gasteiger partial charge < -0.3 is 10.5 Å². The van der Waals surface area contributed by atoms with Crippen molar-refractivity contribution in [1.29, 1.82) is 0 Å². The van der Waals surface area contributed by atoms with E-state index < -0.39 is 24.8 Å². The Morgan fingerprint density at radius 3 is 2.40 bits per heavy atom. The number of ether oxygens (including phenoxy) is 1. The number of aryl methyl sites for hydroxylation is 1. The summed E-state index contributed by atoms with van der Waals surface area (Å²) in [6.45, 7) is -1.59. The van der Waals surface area contributed by atoms with Gasteiger partial charge in [0.2, 0.25) is 0 Å². The van der Waals surface area contributed by atoms with Crippen LogP contribution in [0, 0.1) is 0 Å². The first-order valence-electron chi connectivity index (χ1n) is 5.91. The van der Waals surface area contributed by atoms with E-state index in [4.69, 9.17) is 5.73 Å². The molecule has 0 heterocycles. The molecule has 0 aliphatic rings. The number of rotatable bonds is 6. The Kier molecular flexibility index (Phi) is 8.25. The fourth-order valence-electron chi connectivity index (χ4n) is 1.55. The van der Waals surface area contributed by atoms with Gasteiger partial charge in [0.25, 0.3) is 0 Å². The topological polar surface area (TPSA) is 52.3 Å². The maximum absolute atomic E-state index is 11.8. The van der Waals surface area contributed by atoms with Gasteiger partial charge in [-0.2, -0.15) is 13.2 Å². The Morgan fingerprint density at radius 2 is 1.85 bits per heavy atom. The second kappa shape index (κ2) is 8.81. The summed E-state index contributed by atoms with van der Waals surface area (Å²) >= 11 is 0. The predicted octanol–water partition coefficient (Wildman–Crippen LogP) is 2.86. The molecule has 3 nitrogen and oxygen atoms in total. The van der Waals surface area contributed by atoms with Crippen molar-refractivity contribution in [3.05, 3.63) is 35.9 Å². The number of carbonyl (C=O) groups excluding carboxylic acids is 1. The molecule has 2 N–H and O–H groups in total. The minimum atomic E-state index is -4.51. The van der Waals surface area contributed by atoms with Crippen LogP contribution in [0.1, 0.15) is 18.4 Å². The molecule has 0 fully saturated rings. The molecular weight excluding hydrogens is 295 g/mol. The van der Waals surface area contributed by atoms with Gasteiger partial charge in [0.05, 0.1) is 0 Å². The first kappa shape index (κ1) is 18.7. The van der Waals surface area contributed by atoms with Gasteiger partial charge in [0.15, 0.2) is 6.61 Å². The molecule has 0 amide bonds. The minimum absolute atomic E-state index is 0. The van der Waals surface area contributed by atoms with Crippen molar-refractivity contribution in [2.45, 2.75) is 31.5 Å². The molecule has 20 heavy (non-hydrogen) atoms. The first-order chi connectivity index (χ1) is 8.88. The summed E-state index contributed by atoms with van der Waals surface area (Å²) in [5.41, 5.74) is 6.56. The van der Waals surface area contributed by atoms with Crippen LogP contribution >= 0.6 is 12.4 Å². The van der Waals surface area contributed by atoms with Crippen LogP contribution in [-0.4, -0.2) is 24.8 Å². The highest BCUT2D eigenvalue weighted by Crippen LogP contribution is 2.15. The number of hydrogen-bond donors (Lipinski definition) is 1. The lowest BCUT2D eigenvalue weighted by Gasteiger charge is -2.12. The van der Waals surface area contributed by atoms with Gasteiger partial charge >= 0.3 is 12.1 Å². The molecule has 1 aromatic carbocycles. The second-order valence-electron chi connectivity index (χ2n) is 4.21. The highest BCUT2D eigenvalue weighted by Gasteiger charge is 2.30. The predicted molar refractivity (Wildman–Crippen MR) is 71.6 cm³/mol. The lowest BCUT2D eigenvalue weighted by Crippen LogP contribution is -2.34. The summed E-state index contributed by atoms with van der Waals surface area (Å²) in [6, 6.07) is 8.55. The fourth-order valence-corrected chi connectivity index (χ4v) is 1.55. The Bertz CT molecular complexity index is 398. The zero-order valence-electron chi connectivity index (χ0n) is 10.7. The summed E-state index contributed by atoms with van der Waals surface area (Å²) in [5, 5.41) is 0. The molecule has 0 aromatic heterocycles. The molecule has 114 valence electrons. The number of carbonyl (C=O) groups is 1. The van der Waals surface area contributed by atoms with Gasteiger partial charge in [-0.1, -0.05) is 30.3 Å². The first-order valence-corrected chi connectivity index (χ1v) is 5.91. The third kappa shape index (κ3) is 8.01. The second-order valence-corrected chi connectivity index (χ2v) is 4.21. The zero-order valence-corrected chi connectivity index (χ0v) is 11.5. The minimum Gasteiger partial charge on any atom is -0.455 e. The number of hydrogen-bond acceptors (Lipinski definition) is 3. The van der Waals surface area contributed by atoms with Crippen molar-refractivity contribution in [2.75, 3.05) is 6.61 Å². The van der Waals surface area contributed by atoms with Crippen LogP contribution in [0.3, 0.4) is 0 Å². The molecule has 0 aliphatic carbocycles. The molecule has 0 radical (unpaired) electrons. The summed E-state index contributed by atoms with van der Waals surface area (Å²) in [4.78, 5) is 11.2. The molecule has 0 saturated heterocycles. The van der Waals surface area contributed by atoms with Crippen LogP contribution in [0.25, 0.3) is 0 Å². The Morgan fingerprint density at radius 1 is 1.25 bits per heavy atom. The quantitative estimate of drug-likeness (QED) is 0.822. The van der Waals surface area contributed by atoms with Crippen LogP contribution in [0.5, 0.6) is 0 Å². The standard InChI is InChI=1S/C13H16F3NO2.ClH/c14-13(15,16)9-19-12(18)11(17)8-4-7-10-5-2-1-3-6-10;/h1-3,5-6,11H,4,7-9,17H2;1H/t11-;/m0./s1. The number of alkyl halides is 3. The number of halogens is 4. The molecular formula is C13H17ClF3NO2. The van der Waals surface area contributed by atoms with Crippen LogP contribution in [0.2, 0.25) is 0 Å². The van der Waals surface area contributed by atoms with Crippen LogP contribution in [0.4, 0.5) is 13.2 Å². The zero-order chi connectivity index (χ0) is 14.3. The molecule has 1 aromatic rings. The Balaban J connectivity index is 0.00000361. The third-order valence-corrected chi connectivity index (χ3v) is 2.50. The maximum Gasteiger partial charge on any atom is 0.422 e. The van der Waals surface area contributed by atoms with E-state index in [0.717, 1.165) is 12.0 Å². The number of esters is 1. The third-order valence-electron chi connectivity index (χ3n) is 2.50. The molecule has 1 atom stereocenters. The molecule has 0 unspecified atom stereocenters. The van der Waals surface area contributed by atoms with E-state index in [-0.39, 0.29) is 12.4 Å². The fraction of sp³-hybridized carbons (Fsp3) is 0.462. The van der Waals surface area contributed by atoms with Crippen LogP contribution in [0.15, 0.2) is 30.3 Å². The number of nitrogens with two attached hydrogens (primary N) is 1. The van der Waals surface area contributed by atoms with Crippen molar-refractivity contribution in [3.63, 3.8) is 0 Å². The van der Waals surface area contributed by atoms with E-state index in [1.54, 1.807) is 0 Å². The lowest BCUT2D eigenvalue weighted by molar-refractivity contribution is -0.187. The van der Waals surface area contributed by atoms with E-state index in [0.29, 0.717) is 12.8 Å². The van der Waals surface area contributed by atoms with Crippen LogP contribution < -0.4 is 5.73 Å². The average molecular weight is 312 g/mol. The molecule has 0 aliphatic heterocycles. The van der Waals surface area contributed by atoms with Gasteiger partial charge in [-0.05, 0) is 24.8 Å². The molecule has 1 rings (SSSR count). The summed E-state index contributed by atoms with van der Waals surface area (Å²) in [5.74, 6) is -1.01. The van der Waals surface area contributed by atoms with E-state index in [9.17, 15) is 18.0 Å².